The molecule has 2 heterocycles. The van der Waals surface area contributed by atoms with Gasteiger partial charge < -0.3 is 10.2 Å². The third-order valence-corrected chi connectivity index (χ3v) is 6.17. The van der Waals surface area contributed by atoms with Crippen LogP contribution in [0.5, 0.6) is 0 Å². The molecule has 5 nitrogen and oxygen atoms in total. The molecule has 1 saturated heterocycles. The lowest BCUT2D eigenvalue weighted by Crippen LogP contribution is -2.48. The third kappa shape index (κ3) is 11.3. The minimum Gasteiger partial charge on any atom is -0.372 e. The lowest BCUT2D eigenvalue weighted by atomic mass is 9.95. The molecule has 0 radical (unpaired) electrons. The summed E-state index contributed by atoms with van der Waals surface area (Å²) >= 11 is 0. The molecule has 1 unspecified atom stereocenters. The molecule has 0 aromatic carbocycles. The van der Waals surface area contributed by atoms with Gasteiger partial charge in [0.15, 0.2) is 0 Å². The molecule has 0 amide bonds. The topological polar surface area (TPSA) is 64.3 Å². The van der Waals surface area contributed by atoms with Crippen LogP contribution in [0.25, 0.3) is 5.57 Å². The normalized spacial score (nSPS) is 17.9. The van der Waals surface area contributed by atoms with E-state index in [0.717, 1.165) is 67.0 Å². The van der Waals surface area contributed by atoms with Crippen LogP contribution in [0.4, 0.5) is 0 Å². The number of allylic oxidation sites excluding steroid dienone is 10. The van der Waals surface area contributed by atoms with E-state index in [1.807, 2.05) is 55.6 Å². The number of aliphatic imine (C=N–C) groups is 1. The summed E-state index contributed by atoms with van der Waals surface area (Å²) in [6, 6.07) is 8.67. The van der Waals surface area contributed by atoms with Crippen LogP contribution in [0.15, 0.2) is 95.0 Å². The summed E-state index contributed by atoms with van der Waals surface area (Å²) in [6.45, 7) is 21.5. The largest absolute Gasteiger partial charge is 0.372 e. The van der Waals surface area contributed by atoms with E-state index in [9.17, 15) is 0 Å². The Bertz CT molecular complexity index is 1090. The highest BCUT2D eigenvalue weighted by Crippen LogP contribution is 2.28. The first-order chi connectivity index (χ1) is 18.3. The molecule has 204 valence electrons. The molecular weight excluding hydrogens is 466 g/mol. The fourth-order valence-electron chi connectivity index (χ4n) is 4.35. The molecule has 1 aliphatic rings. The summed E-state index contributed by atoms with van der Waals surface area (Å²) in [7, 11) is 0. The van der Waals surface area contributed by atoms with E-state index >= 15 is 0 Å². The number of piperazine rings is 1. The molecule has 0 aliphatic carbocycles. The molecule has 1 N–H and O–H groups in total. The zero-order chi connectivity index (χ0) is 28.3. The second-order valence-corrected chi connectivity index (χ2v) is 9.39. The van der Waals surface area contributed by atoms with Gasteiger partial charge in [0, 0.05) is 60.6 Å². The predicted molar refractivity (Wildman–Crippen MR) is 165 cm³/mol. The number of nitriles is 1. The Morgan fingerprint density at radius 3 is 2.61 bits per heavy atom. The van der Waals surface area contributed by atoms with Crippen molar-refractivity contribution in [1.29, 1.82) is 5.26 Å². The van der Waals surface area contributed by atoms with Gasteiger partial charge in [0.25, 0.3) is 0 Å². The zero-order valence-corrected chi connectivity index (χ0v) is 24.6. The molecule has 2 rings (SSSR count). The lowest BCUT2D eigenvalue weighted by Gasteiger charge is -2.35. The van der Waals surface area contributed by atoms with E-state index in [1.165, 1.54) is 11.3 Å². The van der Waals surface area contributed by atoms with Gasteiger partial charge in [0.05, 0.1) is 17.3 Å². The van der Waals surface area contributed by atoms with Crippen molar-refractivity contribution < 1.29 is 0 Å². The number of hydrogen-bond acceptors (Lipinski definition) is 5. The highest BCUT2D eigenvalue weighted by atomic mass is 15.2. The Labute approximate surface area is 231 Å². The third-order valence-electron chi connectivity index (χ3n) is 6.17. The maximum Gasteiger partial charge on any atom is 0.0991 e. The van der Waals surface area contributed by atoms with Gasteiger partial charge in [-0.25, -0.2) is 0 Å². The summed E-state index contributed by atoms with van der Waals surface area (Å²) in [6.07, 6.45) is 16.6. The van der Waals surface area contributed by atoms with E-state index in [0.29, 0.717) is 6.04 Å². The van der Waals surface area contributed by atoms with Gasteiger partial charge in [-0.05, 0) is 71.7 Å². The van der Waals surface area contributed by atoms with Crippen molar-refractivity contribution in [2.24, 2.45) is 4.99 Å². The van der Waals surface area contributed by atoms with Crippen molar-refractivity contribution in [2.45, 2.75) is 73.8 Å². The quantitative estimate of drug-likeness (QED) is 0.197. The van der Waals surface area contributed by atoms with Crippen molar-refractivity contribution in [2.75, 3.05) is 19.6 Å². The summed E-state index contributed by atoms with van der Waals surface area (Å²) in [4.78, 5) is 11.4. The van der Waals surface area contributed by atoms with Gasteiger partial charge in [-0.2, -0.15) is 5.26 Å². The van der Waals surface area contributed by atoms with E-state index in [2.05, 4.69) is 80.5 Å². The molecular formula is C33H47N5. The number of pyridine rings is 1. The van der Waals surface area contributed by atoms with Gasteiger partial charge >= 0.3 is 0 Å². The fourth-order valence-corrected chi connectivity index (χ4v) is 4.35. The number of aromatic nitrogens is 1. The van der Waals surface area contributed by atoms with Crippen LogP contribution in [0.2, 0.25) is 0 Å². The van der Waals surface area contributed by atoms with Crippen LogP contribution in [0, 0.1) is 11.3 Å². The SMILES string of the molecule is C=CN=C(C)C(/C(=C\C)c1ccccn1)=C(\C)N1CCNC(C)C1.CC/C=C/C=C(C#N)\C=C(/C)CCC. The van der Waals surface area contributed by atoms with Crippen LogP contribution in [-0.2, 0) is 0 Å². The molecule has 1 fully saturated rings. The lowest BCUT2D eigenvalue weighted by molar-refractivity contribution is 0.256. The highest BCUT2D eigenvalue weighted by Gasteiger charge is 2.21. The molecule has 0 spiro atoms. The fraction of sp³-hybridized carbons (Fsp3) is 0.424. The predicted octanol–water partition coefficient (Wildman–Crippen LogP) is 7.81. The van der Waals surface area contributed by atoms with Gasteiger partial charge in [0.1, 0.15) is 0 Å². The van der Waals surface area contributed by atoms with Crippen LogP contribution in [0.1, 0.15) is 73.4 Å². The Hall–Kier alpha value is -3.49. The molecule has 0 bridgehead atoms. The van der Waals surface area contributed by atoms with Crippen LogP contribution >= 0.6 is 0 Å². The second-order valence-electron chi connectivity index (χ2n) is 9.39. The molecule has 1 aromatic heterocycles. The van der Waals surface area contributed by atoms with Crippen LogP contribution < -0.4 is 5.32 Å². The highest BCUT2D eigenvalue weighted by molar-refractivity contribution is 6.12. The first-order valence-corrected chi connectivity index (χ1v) is 13.7. The average molecular weight is 514 g/mol. The van der Waals surface area contributed by atoms with Gasteiger partial charge in [-0.3, -0.25) is 9.98 Å². The summed E-state index contributed by atoms with van der Waals surface area (Å²) in [5.41, 5.74) is 7.44. The van der Waals surface area contributed by atoms with Crippen molar-refractivity contribution in [3.05, 3.63) is 95.7 Å². The minimum atomic E-state index is 0.482. The van der Waals surface area contributed by atoms with E-state index in [4.69, 9.17) is 5.26 Å². The zero-order valence-electron chi connectivity index (χ0n) is 24.6. The number of nitrogens with zero attached hydrogens (tertiary/aromatic N) is 4. The Morgan fingerprint density at radius 1 is 1.29 bits per heavy atom. The molecule has 5 heteroatoms. The maximum atomic E-state index is 8.85. The minimum absolute atomic E-state index is 0.482. The number of hydrogen-bond donors (Lipinski definition) is 1. The maximum absolute atomic E-state index is 8.85. The van der Waals surface area contributed by atoms with Crippen molar-refractivity contribution in [3.8, 4) is 6.07 Å². The first-order valence-electron chi connectivity index (χ1n) is 13.7. The van der Waals surface area contributed by atoms with Crippen LogP contribution in [0.3, 0.4) is 0 Å². The van der Waals surface area contributed by atoms with Gasteiger partial charge in [-0.15, -0.1) is 0 Å². The molecule has 1 aliphatic heterocycles. The van der Waals surface area contributed by atoms with E-state index in [-0.39, 0.29) is 0 Å². The van der Waals surface area contributed by atoms with E-state index in [1.54, 1.807) is 6.20 Å². The summed E-state index contributed by atoms with van der Waals surface area (Å²) in [5.74, 6) is 0. The Morgan fingerprint density at radius 2 is 2.05 bits per heavy atom. The standard InChI is InChI=1S/C20H28N4.C13H19N/c1-6-18(19-10-8-9-11-23-19)20(16(4)21-7-2)17(5)24-13-12-22-15(3)14-24;1-4-6-7-9-13(11-14)10-12(3)8-5-2/h6-11,15,22H,2,12-14H2,1,3-5H3;6-7,9-10H,4-5,8H2,1-3H3/b18-6-,20-17-,21-16?;7-6+,12-10+,13-9+. The molecule has 38 heavy (non-hydrogen) atoms. The molecule has 1 atom stereocenters. The van der Waals surface area contributed by atoms with Gasteiger partial charge in [-0.1, -0.05) is 56.7 Å². The van der Waals surface area contributed by atoms with E-state index < -0.39 is 0 Å². The Kier molecular flexibility index (Phi) is 16.0. The summed E-state index contributed by atoms with van der Waals surface area (Å²) < 4.78 is 0. The molecule has 0 saturated carbocycles. The van der Waals surface area contributed by atoms with Crippen molar-refractivity contribution >= 4 is 11.3 Å². The first kappa shape index (κ1) is 32.5. The molecule has 1 aromatic rings. The van der Waals surface area contributed by atoms with Crippen molar-refractivity contribution in [1.82, 2.24) is 15.2 Å². The number of nitrogens with one attached hydrogen (secondary N) is 1. The average Bonchev–Trinajstić information content (AvgIpc) is 2.92. The smallest absolute Gasteiger partial charge is 0.0991 e. The Balaban J connectivity index is 0.000000442. The second kappa shape index (κ2) is 18.7. The van der Waals surface area contributed by atoms with Crippen LogP contribution in [-0.4, -0.2) is 41.3 Å². The van der Waals surface area contributed by atoms with Gasteiger partial charge in [0.2, 0.25) is 0 Å². The van der Waals surface area contributed by atoms with Crippen molar-refractivity contribution in [3.63, 3.8) is 0 Å². The monoisotopic (exact) mass is 513 g/mol. The number of rotatable bonds is 10. The summed E-state index contributed by atoms with van der Waals surface area (Å²) in [5, 5.41) is 12.3.